The summed E-state index contributed by atoms with van der Waals surface area (Å²) in [7, 11) is -2.62. The fourth-order valence-electron chi connectivity index (χ4n) is 2.10. The van der Waals surface area contributed by atoms with Crippen LogP contribution in [0.4, 0.5) is 4.79 Å². The van der Waals surface area contributed by atoms with Crippen molar-refractivity contribution in [3.05, 3.63) is 11.3 Å². The molecule has 6 heteroatoms. The fourth-order valence-corrected chi connectivity index (χ4v) is 13.9. The van der Waals surface area contributed by atoms with Gasteiger partial charge in [-0.2, -0.15) is 0 Å². The molecule has 0 spiro atoms. The summed E-state index contributed by atoms with van der Waals surface area (Å²) in [4.78, 5) is 10.5. The quantitative estimate of drug-likeness (QED) is 0.392. The highest BCUT2D eigenvalue weighted by Crippen LogP contribution is 2.25. The first-order valence-corrected chi connectivity index (χ1v) is 16.2. The lowest BCUT2D eigenvalue weighted by Crippen LogP contribution is -2.37. The number of rotatable bonds is 9. The molecule has 0 atom stereocenters. The van der Waals surface area contributed by atoms with Gasteiger partial charge in [0.1, 0.15) is 0 Å². The summed E-state index contributed by atoms with van der Waals surface area (Å²) in [5, 5.41) is 8.60. The van der Waals surface area contributed by atoms with Crippen molar-refractivity contribution in [3.8, 4) is 0 Å². The second-order valence-corrected chi connectivity index (χ2v) is 19.7. The molecule has 0 fully saturated rings. The van der Waals surface area contributed by atoms with Crippen LogP contribution in [0.1, 0.15) is 13.8 Å². The molecule has 0 bridgehead atoms. The maximum Gasteiger partial charge on any atom is 0.505 e. The minimum absolute atomic E-state index is 0.00589. The number of hydrogen-bond donors (Lipinski definition) is 1. The van der Waals surface area contributed by atoms with Gasteiger partial charge in [0.2, 0.25) is 0 Å². The molecule has 0 radical (unpaired) electrons. The minimum Gasteiger partial charge on any atom is -0.450 e. The Kier molecular flexibility index (Phi) is 8.69. The SMILES string of the molecule is CC(C)=C[SiH2]CC[Si](C)(C)CC[Si](C)(C)COC(=O)O. The molecule has 0 aliphatic rings. The van der Waals surface area contributed by atoms with E-state index < -0.39 is 22.3 Å². The summed E-state index contributed by atoms with van der Waals surface area (Å²) in [5.74, 6) is 0. The first kappa shape index (κ1) is 19.7. The van der Waals surface area contributed by atoms with Gasteiger partial charge >= 0.3 is 6.16 Å². The Morgan fingerprint density at radius 3 is 2.15 bits per heavy atom. The molecule has 0 unspecified atom stereocenters. The predicted octanol–water partition coefficient (Wildman–Crippen LogP) is 4.15. The van der Waals surface area contributed by atoms with Crippen molar-refractivity contribution < 1.29 is 14.6 Å². The van der Waals surface area contributed by atoms with Gasteiger partial charge < -0.3 is 9.84 Å². The zero-order valence-corrected chi connectivity index (χ0v) is 17.5. The zero-order valence-electron chi connectivity index (χ0n) is 14.1. The molecule has 0 saturated heterocycles. The molecule has 0 aromatic carbocycles. The van der Waals surface area contributed by atoms with Gasteiger partial charge in [-0.1, -0.05) is 55.9 Å². The molecule has 0 aliphatic heterocycles. The first-order valence-electron chi connectivity index (χ1n) is 7.53. The predicted molar refractivity (Wildman–Crippen MR) is 96.1 cm³/mol. The summed E-state index contributed by atoms with van der Waals surface area (Å²) < 4.78 is 4.79. The second-order valence-electron chi connectivity index (χ2n) is 7.56. The Labute approximate surface area is 128 Å². The third-order valence-electron chi connectivity index (χ3n) is 3.68. The molecular formula is C14H32O3Si3. The van der Waals surface area contributed by atoms with Crippen molar-refractivity contribution in [2.45, 2.75) is 64.2 Å². The smallest absolute Gasteiger partial charge is 0.450 e. The van der Waals surface area contributed by atoms with E-state index in [9.17, 15) is 4.79 Å². The summed E-state index contributed by atoms with van der Waals surface area (Å²) in [6, 6.07) is 5.37. The summed E-state index contributed by atoms with van der Waals surface area (Å²) in [5.41, 5.74) is 3.93. The normalized spacial score (nSPS) is 12.7. The van der Waals surface area contributed by atoms with Crippen molar-refractivity contribution in [2.24, 2.45) is 0 Å². The third kappa shape index (κ3) is 11.5. The lowest BCUT2D eigenvalue weighted by molar-refractivity contribution is 0.105. The van der Waals surface area contributed by atoms with Crippen molar-refractivity contribution in [3.63, 3.8) is 0 Å². The Balaban J connectivity index is 4.06. The van der Waals surface area contributed by atoms with E-state index in [4.69, 9.17) is 9.84 Å². The molecule has 0 rings (SSSR count). The summed E-state index contributed by atoms with van der Waals surface area (Å²) in [6.07, 6.45) is -0.686. The second kappa shape index (κ2) is 8.84. The van der Waals surface area contributed by atoms with E-state index in [1.807, 2.05) is 0 Å². The highest BCUT2D eigenvalue weighted by molar-refractivity contribution is 6.83. The summed E-state index contributed by atoms with van der Waals surface area (Å²) in [6.45, 7) is 13.8. The van der Waals surface area contributed by atoms with Crippen LogP contribution in [0.5, 0.6) is 0 Å². The monoisotopic (exact) mass is 332 g/mol. The van der Waals surface area contributed by atoms with Crippen LogP contribution in [-0.4, -0.2) is 43.2 Å². The van der Waals surface area contributed by atoms with E-state index in [1.54, 1.807) is 0 Å². The van der Waals surface area contributed by atoms with Crippen LogP contribution in [0.3, 0.4) is 0 Å². The largest absolute Gasteiger partial charge is 0.505 e. The van der Waals surface area contributed by atoms with E-state index in [0.29, 0.717) is 6.23 Å². The maximum atomic E-state index is 10.5. The number of hydrogen-bond acceptors (Lipinski definition) is 2. The maximum absolute atomic E-state index is 10.5. The van der Waals surface area contributed by atoms with Crippen LogP contribution >= 0.6 is 0 Å². The fraction of sp³-hybridized carbons (Fsp3) is 0.786. The molecule has 0 heterocycles. The average molecular weight is 333 g/mol. The van der Waals surface area contributed by atoms with Crippen molar-refractivity contribution in [2.75, 3.05) is 6.23 Å². The van der Waals surface area contributed by atoms with Gasteiger partial charge in [-0.05, 0) is 13.8 Å². The van der Waals surface area contributed by atoms with Gasteiger partial charge in [-0.3, -0.25) is 0 Å². The third-order valence-corrected chi connectivity index (χ3v) is 12.6. The highest BCUT2D eigenvalue weighted by Gasteiger charge is 2.28. The van der Waals surface area contributed by atoms with Gasteiger partial charge in [0.05, 0.1) is 14.3 Å². The van der Waals surface area contributed by atoms with Crippen LogP contribution in [0, 0.1) is 0 Å². The minimum atomic E-state index is -1.51. The molecule has 20 heavy (non-hydrogen) atoms. The van der Waals surface area contributed by atoms with Crippen LogP contribution in [-0.2, 0) is 4.74 Å². The Morgan fingerprint density at radius 2 is 1.65 bits per heavy atom. The Bertz CT molecular complexity index is 335. The lowest BCUT2D eigenvalue weighted by atomic mass is 10.4. The average Bonchev–Trinajstić information content (AvgIpc) is 2.30. The van der Waals surface area contributed by atoms with E-state index in [-0.39, 0.29) is 9.52 Å². The summed E-state index contributed by atoms with van der Waals surface area (Å²) >= 11 is 0. The van der Waals surface area contributed by atoms with E-state index in [1.165, 1.54) is 29.7 Å². The molecular weight excluding hydrogens is 300 g/mol. The van der Waals surface area contributed by atoms with Crippen LogP contribution in [0.25, 0.3) is 0 Å². The molecule has 0 aliphatic carbocycles. The van der Waals surface area contributed by atoms with Crippen molar-refractivity contribution in [1.82, 2.24) is 0 Å². The van der Waals surface area contributed by atoms with E-state index in [2.05, 4.69) is 45.7 Å². The van der Waals surface area contributed by atoms with Gasteiger partial charge in [-0.25, -0.2) is 4.79 Å². The lowest BCUT2D eigenvalue weighted by Gasteiger charge is -2.28. The van der Waals surface area contributed by atoms with Crippen LogP contribution in [0.2, 0.25) is 50.4 Å². The van der Waals surface area contributed by atoms with Gasteiger partial charge in [0.15, 0.2) is 0 Å². The molecule has 1 N–H and O–H groups in total. The van der Waals surface area contributed by atoms with Crippen molar-refractivity contribution in [1.29, 1.82) is 0 Å². The first-order chi connectivity index (χ1) is 9.04. The van der Waals surface area contributed by atoms with E-state index >= 15 is 0 Å². The standard InChI is InChI=1S/C14H32O3Si3/c1-13(2)11-18-7-8-19(3,4)9-10-20(5,6)12-17-14(15)16/h11H,7-10,12,18H2,1-6H3,(H,15,16). The number of carboxylic acid groups (broad SMARTS) is 1. The number of carbonyl (C=O) groups is 1. The highest BCUT2D eigenvalue weighted by atomic mass is 28.3. The van der Waals surface area contributed by atoms with E-state index in [0.717, 1.165) is 0 Å². The molecule has 118 valence electrons. The molecule has 0 amide bonds. The van der Waals surface area contributed by atoms with Crippen LogP contribution in [0.15, 0.2) is 11.3 Å². The zero-order chi connectivity index (χ0) is 15.8. The Hall–Kier alpha value is -0.339. The molecule has 0 aromatic heterocycles. The number of ether oxygens (including phenoxy) is 1. The Morgan fingerprint density at radius 1 is 1.10 bits per heavy atom. The van der Waals surface area contributed by atoms with Gasteiger partial charge in [0.25, 0.3) is 0 Å². The van der Waals surface area contributed by atoms with Gasteiger partial charge in [0, 0.05) is 17.6 Å². The number of allylic oxidation sites excluding steroid dienone is 1. The van der Waals surface area contributed by atoms with Crippen LogP contribution < -0.4 is 0 Å². The molecule has 0 saturated carbocycles. The molecule has 0 aromatic rings. The van der Waals surface area contributed by atoms with Crippen molar-refractivity contribution >= 4 is 31.8 Å². The topological polar surface area (TPSA) is 46.5 Å². The molecule has 3 nitrogen and oxygen atoms in total. The van der Waals surface area contributed by atoms with Gasteiger partial charge in [-0.15, -0.1) is 5.70 Å².